The Bertz CT molecular complexity index is 602. The number of hydrogen-bond acceptors (Lipinski definition) is 4. The van der Waals surface area contributed by atoms with Crippen LogP contribution in [0.15, 0.2) is 42.7 Å². The first-order valence-corrected chi connectivity index (χ1v) is 6.34. The average Bonchev–Trinajstić information content (AvgIpc) is 2.49. The zero-order chi connectivity index (χ0) is 14.2. The van der Waals surface area contributed by atoms with Gasteiger partial charge in [0.25, 0.3) is 0 Å². The minimum absolute atomic E-state index is 0.0851. The van der Waals surface area contributed by atoms with E-state index in [0.29, 0.717) is 17.8 Å². The largest absolute Gasteiger partial charge is 0.311 e. The van der Waals surface area contributed by atoms with Crippen LogP contribution in [0.1, 0.15) is 24.1 Å². The number of anilines is 1. The van der Waals surface area contributed by atoms with Gasteiger partial charge in [-0.2, -0.15) is 5.26 Å². The number of rotatable bonds is 5. The summed E-state index contributed by atoms with van der Waals surface area (Å²) in [4.78, 5) is 19.9. The molecule has 100 valence electrons. The monoisotopic (exact) mass is 266 g/mol. The van der Waals surface area contributed by atoms with Crippen molar-refractivity contribution in [2.45, 2.75) is 19.3 Å². The van der Waals surface area contributed by atoms with E-state index in [2.05, 4.69) is 15.3 Å². The predicted octanol–water partition coefficient (Wildman–Crippen LogP) is 2.31. The van der Waals surface area contributed by atoms with Crippen LogP contribution in [-0.2, 0) is 11.2 Å². The molecular formula is C15H14N4O. The molecule has 0 aromatic carbocycles. The van der Waals surface area contributed by atoms with E-state index in [4.69, 9.17) is 5.26 Å². The summed E-state index contributed by atoms with van der Waals surface area (Å²) >= 11 is 0. The second-order valence-electron chi connectivity index (χ2n) is 4.27. The normalized spacial score (nSPS) is 9.75. The van der Waals surface area contributed by atoms with Gasteiger partial charge >= 0.3 is 0 Å². The summed E-state index contributed by atoms with van der Waals surface area (Å²) in [5.74, 6) is 0.380. The molecule has 2 heterocycles. The summed E-state index contributed by atoms with van der Waals surface area (Å²) in [7, 11) is 0. The number of amides is 1. The van der Waals surface area contributed by atoms with Crippen LogP contribution in [0.25, 0.3) is 0 Å². The van der Waals surface area contributed by atoms with Crippen LogP contribution in [0.5, 0.6) is 0 Å². The van der Waals surface area contributed by atoms with Gasteiger partial charge in [-0.25, -0.2) is 4.98 Å². The molecule has 0 aliphatic rings. The first kappa shape index (κ1) is 13.7. The lowest BCUT2D eigenvalue weighted by molar-refractivity contribution is -0.116. The van der Waals surface area contributed by atoms with Crippen LogP contribution in [-0.4, -0.2) is 15.9 Å². The molecule has 0 radical (unpaired) electrons. The molecule has 0 atom stereocenters. The molecule has 20 heavy (non-hydrogen) atoms. The summed E-state index contributed by atoms with van der Waals surface area (Å²) in [5.41, 5.74) is 1.45. The lowest BCUT2D eigenvalue weighted by Gasteiger charge is -2.04. The lowest BCUT2D eigenvalue weighted by Crippen LogP contribution is -2.12. The highest BCUT2D eigenvalue weighted by Crippen LogP contribution is 2.06. The van der Waals surface area contributed by atoms with E-state index in [-0.39, 0.29) is 5.91 Å². The number of aromatic nitrogens is 2. The molecule has 0 bridgehead atoms. The number of carbonyl (C=O) groups is 1. The van der Waals surface area contributed by atoms with Crippen molar-refractivity contribution in [2.24, 2.45) is 0 Å². The maximum absolute atomic E-state index is 11.7. The molecule has 1 amide bonds. The maximum atomic E-state index is 11.7. The van der Waals surface area contributed by atoms with Crippen LogP contribution >= 0.6 is 0 Å². The molecular weight excluding hydrogens is 252 g/mol. The summed E-state index contributed by atoms with van der Waals surface area (Å²) in [5, 5.41) is 11.4. The van der Waals surface area contributed by atoms with Crippen molar-refractivity contribution in [3.8, 4) is 6.07 Å². The summed E-state index contributed by atoms with van der Waals surface area (Å²) in [6.45, 7) is 0. The lowest BCUT2D eigenvalue weighted by atomic mass is 10.1. The first-order chi connectivity index (χ1) is 9.78. The number of aryl methyl sites for hydroxylation is 1. The number of nitrogens with zero attached hydrogens (tertiary/aromatic N) is 3. The Morgan fingerprint density at radius 3 is 2.80 bits per heavy atom. The molecule has 2 aromatic rings. The maximum Gasteiger partial charge on any atom is 0.225 e. The highest BCUT2D eigenvalue weighted by molar-refractivity contribution is 5.89. The minimum atomic E-state index is -0.0851. The van der Waals surface area contributed by atoms with E-state index in [1.54, 1.807) is 18.3 Å². The van der Waals surface area contributed by atoms with Gasteiger partial charge in [-0.15, -0.1) is 0 Å². The van der Waals surface area contributed by atoms with Crippen LogP contribution in [0.4, 0.5) is 5.82 Å². The zero-order valence-electron chi connectivity index (χ0n) is 10.9. The van der Waals surface area contributed by atoms with Gasteiger partial charge in [0, 0.05) is 24.5 Å². The van der Waals surface area contributed by atoms with E-state index in [9.17, 15) is 4.79 Å². The van der Waals surface area contributed by atoms with E-state index in [0.717, 1.165) is 18.5 Å². The quantitative estimate of drug-likeness (QED) is 0.900. The number of carbonyl (C=O) groups excluding carboxylic acids is 1. The van der Waals surface area contributed by atoms with Gasteiger partial charge in [0.15, 0.2) is 0 Å². The van der Waals surface area contributed by atoms with Crippen molar-refractivity contribution < 1.29 is 4.79 Å². The third kappa shape index (κ3) is 4.18. The fraction of sp³-hybridized carbons (Fsp3) is 0.200. The highest BCUT2D eigenvalue weighted by atomic mass is 16.1. The molecule has 5 heteroatoms. The van der Waals surface area contributed by atoms with E-state index < -0.39 is 0 Å². The van der Waals surface area contributed by atoms with Gasteiger partial charge in [0.1, 0.15) is 11.9 Å². The Balaban J connectivity index is 1.76. The van der Waals surface area contributed by atoms with E-state index >= 15 is 0 Å². The predicted molar refractivity (Wildman–Crippen MR) is 74.8 cm³/mol. The Morgan fingerprint density at radius 2 is 2.15 bits per heavy atom. The second-order valence-corrected chi connectivity index (χ2v) is 4.27. The fourth-order valence-electron chi connectivity index (χ4n) is 1.72. The van der Waals surface area contributed by atoms with Crippen molar-refractivity contribution in [3.05, 3.63) is 54.0 Å². The van der Waals surface area contributed by atoms with Crippen LogP contribution < -0.4 is 5.32 Å². The summed E-state index contributed by atoms with van der Waals surface area (Å²) in [6, 6.07) is 11.0. The molecule has 0 aliphatic heterocycles. The molecule has 2 aromatic heterocycles. The van der Waals surface area contributed by atoms with Gasteiger partial charge in [0.05, 0.1) is 5.56 Å². The van der Waals surface area contributed by atoms with E-state index in [1.165, 1.54) is 6.20 Å². The SMILES string of the molecule is N#Cc1ccc(NC(=O)CCCc2ccccn2)nc1. The highest BCUT2D eigenvalue weighted by Gasteiger charge is 2.04. The van der Waals surface area contributed by atoms with Crippen molar-refractivity contribution in [3.63, 3.8) is 0 Å². The van der Waals surface area contributed by atoms with Crippen LogP contribution in [0.3, 0.4) is 0 Å². The Morgan fingerprint density at radius 1 is 1.25 bits per heavy atom. The van der Waals surface area contributed by atoms with Crippen molar-refractivity contribution in [1.82, 2.24) is 9.97 Å². The third-order valence-electron chi connectivity index (χ3n) is 2.72. The van der Waals surface area contributed by atoms with Gasteiger partial charge in [-0.1, -0.05) is 6.07 Å². The number of hydrogen-bond donors (Lipinski definition) is 1. The average molecular weight is 266 g/mol. The molecule has 0 unspecified atom stereocenters. The van der Waals surface area contributed by atoms with Gasteiger partial charge < -0.3 is 5.32 Å². The van der Waals surface area contributed by atoms with E-state index in [1.807, 2.05) is 24.3 Å². The molecule has 2 rings (SSSR count). The smallest absolute Gasteiger partial charge is 0.225 e. The molecule has 0 aliphatic carbocycles. The Hall–Kier alpha value is -2.74. The minimum Gasteiger partial charge on any atom is -0.311 e. The Labute approximate surface area is 117 Å². The summed E-state index contributed by atoms with van der Waals surface area (Å²) < 4.78 is 0. The first-order valence-electron chi connectivity index (χ1n) is 6.34. The molecule has 0 saturated heterocycles. The topological polar surface area (TPSA) is 78.7 Å². The second kappa shape index (κ2) is 7.00. The van der Waals surface area contributed by atoms with Crippen LogP contribution in [0.2, 0.25) is 0 Å². The van der Waals surface area contributed by atoms with Crippen molar-refractivity contribution in [2.75, 3.05) is 5.32 Å². The number of nitriles is 1. The zero-order valence-corrected chi connectivity index (χ0v) is 10.9. The number of pyridine rings is 2. The molecule has 0 fully saturated rings. The summed E-state index contributed by atoms with van der Waals surface area (Å²) in [6.07, 6.45) is 5.10. The molecule has 1 N–H and O–H groups in total. The Kier molecular flexibility index (Phi) is 4.79. The van der Waals surface area contributed by atoms with Gasteiger partial charge in [-0.3, -0.25) is 9.78 Å². The van der Waals surface area contributed by atoms with Crippen LogP contribution in [0, 0.1) is 11.3 Å². The molecule has 0 spiro atoms. The van der Waals surface area contributed by atoms with Crippen molar-refractivity contribution >= 4 is 11.7 Å². The molecule has 5 nitrogen and oxygen atoms in total. The fourth-order valence-corrected chi connectivity index (χ4v) is 1.72. The number of nitrogens with one attached hydrogen (secondary N) is 1. The third-order valence-corrected chi connectivity index (χ3v) is 2.72. The molecule has 0 saturated carbocycles. The van der Waals surface area contributed by atoms with Gasteiger partial charge in [-0.05, 0) is 37.1 Å². The van der Waals surface area contributed by atoms with Gasteiger partial charge in [0.2, 0.25) is 5.91 Å². The standard InChI is InChI=1S/C15H14N4O/c16-10-12-7-8-14(18-11-12)19-15(20)6-3-5-13-4-1-2-9-17-13/h1-2,4,7-9,11H,3,5-6H2,(H,18,19,20). The van der Waals surface area contributed by atoms with Crippen molar-refractivity contribution in [1.29, 1.82) is 5.26 Å².